The van der Waals surface area contributed by atoms with Gasteiger partial charge in [-0.2, -0.15) is 5.26 Å². The number of hydrogen-bond acceptors (Lipinski definition) is 3. The van der Waals surface area contributed by atoms with Crippen molar-refractivity contribution in [2.24, 2.45) is 4.99 Å². The molecule has 7 heteroatoms. The standard InChI is InChI=1S/C22H28FN5.HI/c1-17(28(3)16-18-7-5-4-6-8-18)11-12-26-22(25-2)27-15-20-10-9-19(14-24)13-21(20)23;/h4-10,13,17H,11-12,15-16H2,1-3H3,(H2,25,26,27);1H. The van der Waals surface area contributed by atoms with E-state index in [1.165, 1.54) is 11.6 Å². The van der Waals surface area contributed by atoms with E-state index in [0.29, 0.717) is 29.7 Å². The van der Waals surface area contributed by atoms with Gasteiger partial charge in [0.2, 0.25) is 0 Å². The normalized spacial score (nSPS) is 12.1. The Bertz CT molecular complexity index is 820. The molecule has 1 unspecified atom stereocenters. The Morgan fingerprint density at radius 1 is 1.21 bits per heavy atom. The maximum atomic E-state index is 14.0. The highest BCUT2D eigenvalue weighted by Gasteiger charge is 2.10. The van der Waals surface area contributed by atoms with Crippen molar-refractivity contribution in [1.82, 2.24) is 15.5 Å². The summed E-state index contributed by atoms with van der Waals surface area (Å²) in [4.78, 5) is 6.50. The molecule has 2 N–H and O–H groups in total. The maximum absolute atomic E-state index is 14.0. The smallest absolute Gasteiger partial charge is 0.191 e. The predicted molar refractivity (Wildman–Crippen MR) is 127 cm³/mol. The topological polar surface area (TPSA) is 63.5 Å². The molecule has 0 aliphatic rings. The van der Waals surface area contributed by atoms with Crippen molar-refractivity contribution in [3.63, 3.8) is 0 Å². The Hall–Kier alpha value is -2.18. The van der Waals surface area contributed by atoms with Gasteiger partial charge in [0.1, 0.15) is 5.82 Å². The highest BCUT2D eigenvalue weighted by atomic mass is 127. The highest BCUT2D eigenvalue weighted by Crippen LogP contribution is 2.10. The van der Waals surface area contributed by atoms with E-state index >= 15 is 0 Å². The third-order valence-corrected chi connectivity index (χ3v) is 4.73. The van der Waals surface area contributed by atoms with Gasteiger partial charge in [0, 0.05) is 38.3 Å². The van der Waals surface area contributed by atoms with Crippen LogP contribution in [0, 0.1) is 17.1 Å². The van der Waals surface area contributed by atoms with Crippen LogP contribution in [0.5, 0.6) is 0 Å². The number of guanidine groups is 1. The molecule has 5 nitrogen and oxygen atoms in total. The second kappa shape index (κ2) is 13.1. The van der Waals surface area contributed by atoms with Crippen molar-refractivity contribution >= 4 is 29.9 Å². The van der Waals surface area contributed by atoms with Crippen LogP contribution in [-0.2, 0) is 13.1 Å². The van der Waals surface area contributed by atoms with E-state index in [0.717, 1.165) is 19.5 Å². The van der Waals surface area contributed by atoms with Crippen molar-refractivity contribution < 1.29 is 4.39 Å². The van der Waals surface area contributed by atoms with Crippen LogP contribution >= 0.6 is 24.0 Å². The van der Waals surface area contributed by atoms with Gasteiger partial charge in [-0.3, -0.25) is 9.89 Å². The monoisotopic (exact) mass is 509 g/mol. The molecule has 1 atom stereocenters. The molecular formula is C22H29FIN5. The van der Waals surface area contributed by atoms with Crippen LogP contribution in [0.3, 0.4) is 0 Å². The lowest BCUT2D eigenvalue weighted by molar-refractivity contribution is 0.238. The summed E-state index contributed by atoms with van der Waals surface area (Å²) in [7, 11) is 3.81. The molecule has 0 spiro atoms. The van der Waals surface area contributed by atoms with Gasteiger partial charge < -0.3 is 10.6 Å². The van der Waals surface area contributed by atoms with Crippen LogP contribution < -0.4 is 10.6 Å². The minimum atomic E-state index is -0.391. The van der Waals surface area contributed by atoms with Gasteiger partial charge in [-0.05, 0) is 38.1 Å². The minimum absolute atomic E-state index is 0. The first-order chi connectivity index (χ1) is 13.5. The summed E-state index contributed by atoms with van der Waals surface area (Å²) in [6.07, 6.45) is 0.954. The summed E-state index contributed by atoms with van der Waals surface area (Å²) in [5.74, 6) is 0.236. The van der Waals surface area contributed by atoms with Gasteiger partial charge in [0.25, 0.3) is 0 Å². The molecule has 0 bridgehead atoms. The number of benzene rings is 2. The van der Waals surface area contributed by atoms with E-state index in [2.05, 4.69) is 58.8 Å². The third kappa shape index (κ3) is 8.38. The van der Waals surface area contributed by atoms with Crippen LogP contribution in [0.1, 0.15) is 30.0 Å². The Balaban J connectivity index is 0.00000420. The lowest BCUT2D eigenvalue weighted by Gasteiger charge is -2.25. The zero-order chi connectivity index (χ0) is 20.4. The molecule has 156 valence electrons. The number of aliphatic imine (C=N–C) groups is 1. The zero-order valence-electron chi connectivity index (χ0n) is 17.2. The molecule has 2 aromatic carbocycles. The minimum Gasteiger partial charge on any atom is -0.356 e. The summed E-state index contributed by atoms with van der Waals surface area (Å²) in [5.41, 5.74) is 2.11. The summed E-state index contributed by atoms with van der Waals surface area (Å²) in [6, 6.07) is 17.2. The van der Waals surface area contributed by atoms with Gasteiger partial charge in [-0.25, -0.2) is 4.39 Å². The summed E-state index contributed by atoms with van der Waals surface area (Å²) >= 11 is 0. The van der Waals surface area contributed by atoms with Crippen molar-refractivity contribution in [2.75, 3.05) is 20.6 Å². The van der Waals surface area contributed by atoms with Gasteiger partial charge >= 0.3 is 0 Å². The van der Waals surface area contributed by atoms with Gasteiger partial charge in [-0.1, -0.05) is 36.4 Å². The zero-order valence-corrected chi connectivity index (χ0v) is 19.5. The number of rotatable bonds is 8. The molecule has 0 saturated heterocycles. The van der Waals surface area contributed by atoms with Crippen molar-refractivity contribution in [2.45, 2.75) is 32.5 Å². The first-order valence-electron chi connectivity index (χ1n) is 9.40. The largest absolute Gasteiger partial charge is 0.356 e. The summed E-state index contributed by atoms with van der Waals surface area (Å²) in [5, 5.41) is 15.2. The fourth-order valence-electron chi connectivity index (χ4n) is 2.81. The van der Waals surface area contributed by atoms with E-state index in [9.17, 15) is 4.39 Å². The number of nitriles is 1. The highest BCUT2D eigenvalue weighted by molar-refractivity contribution is 14.0. The number of halogens is 2. The molecule has 0 aliphatic heterocycles. The van der Waals surface area contributed by atoms with Crippen molar-refractivity contribution in [3.05, 3.63) is 71.0 Å². The molecule has 29 heavy (non-hydrogen) atoms. The van der Waals surface area contributed by atoms with Gasteiger partial charge in [0.15, 0.2) is 5.96 Å². The number of nitrogens with one attached hydrogen (secondary N) is 2. The second-order valence-corrected chi connectivity index (χ2v) is 6.81. The summed E-state index contributed by atoms with van der Waals surface area (Å²) in [6.45, 7) is 4.18. The molecule has 0 amide bonds. The van der Waals surface area contributed by atoms with E-state index in [4.69, 9.17) is 5.26 Å². The van der Waals surface area contributed by atoms with E-state index < -0.39 is 5.82 Å². The molecule has 0 heterocycles. The number of nitrogens with zero attached hydrogens (tertiary/aromatic N) is 3. The van der Waals surface area contributed by atoms with Crippen LogP contribution in [-0.4, -0.2) is 37.5 Å². The Morgan fingerprint density at radius 3 is 2.55 bits per heavy atom. The molecule has 0 aliphatic carbocycles. The van der Waals surface area contributed by atoms with E-state index in [-0.39, 0.29) is 24.0 Å². The summed E-state index contributed by atoms with van der Waals surface area (Å²) < 4.78 is 14.0. The molecule has 0 saturated carbocycles. The Labute approximate surface area is 190 Å². The van der Waals surface area contributed by atoms with E-state index in [1.54, 1.807) is 19.2 Å². The van der Waals surface area contributed by atoms with Crippen LogP contribution in [0.15, 0.2) is 53.5 Å². The Kier molecular flexibility index (Phi) is 11.2. The first kappa shape index (κ1) is 24.9. The van der Waals surface area contributed by atoms with Crippen LogP contribution in [0.2, 0.25) is 0 Å². The fourth-order valence-corrected chi connectivity index (χ4v) is 2.81. The molecule has 0 radical (unpaired) electrons. The third-order valence-electron chi connectivity index (χ3n) is 4.73. The average molecular weight is 509 g/mol. The van der Waals surface area contributed by atoms with E-state index in [1.807, 2.05) is 12.1 Å². The first-order valence-corrected chi connectivity index (χ1v) is 9.40. The molecule has 0 aromatic heterocycles. The maximum Gasteiger partial charge on any atom is 0.191 e. The van der Waals surface area contributed by atoms with Crippen molar-refractivity contribution in [3.8, 4) is 6.07 Å². The Morgan fingerprint density at radius 2 is 1.93 bits per heavy atom. The molecule has 0 fully saturated rings. The predicted octanol–water partition coefficient (Wildman–Crippen LogP) is 3.89. The molecule has 2 rings (SSSR count). The van der Waals surface area contributed by atoms with Crippen LogP contribution in [0.25, 0.3) is 0 Å². The lowest BCUT2D eigenvalue weighted by Crippen LogP contribution is -2.39. The van der Waals surface area contributed by atoms with Crippen LogP contribution in [0.4, 0.5) is 4.39 Å². The SMILES string of the molecule is CN=C(NCCC(C)N(C)Cc1ccccc1)NCc1ccc(C#N)cc1F.I. The lowest BCUT2D eigenvalue weighted by atomic mass is 10.1. The second-order valence-electron chi connectivity index (χ2n) is 6.81. The van der Waals surface area contributed by atoms with Gasteiger partial charge in [-0.15, -0.1) is 24.0 Å². The quantitative estimate of drug-likeness (QED) is 0.322. The van der Waals surface area contributed by atoms with Gasteiger partial charge in [0.05, 0.1) is 11.6 Å². The van der Waals surface area contributed by atoms with Crippen molar-refractivity contribution in [1.29, 1.82) is 5.26 Å². The average Bonchev–Trinajstić information content (AvgIpc) is 2.71. The fraction of sp³-hybridized carbons (Fsp3) is 0.364. The molecule has 2 aromatic rings. The number of hydrogen-bond donors (Lipinski definition) is 2. The molecular weight excluding hydrogens is 480 g/mol.